The molecule has 1 amide bonds. The minimum Gasteiger partial charge on any atom is -0.462 e. The standard InChI is InChI=1S/C16H24N2O3S/c1-5-7-10(3)14(19)18(12-8-9-12)16-17-11(4)13(22-16)15(20)21-6-2/h10,12H,5-9H2,1-4H3. The number of thiazole rings is 1. The van der Waals surface area contributed by atoms with Gasteiger partial charge >= 0.3 is 5.97 Å². The van der Waals surface area contributed by atoms with Gasteiger partial charge < -0.3 is 4.74 Å². The van der Waals surface area contributed by atoms with E-state index in [2.05, 4.69) is 11.9 Å². The van der Waals surface area contributed by atoms with Crippen molar-refractivity contribution in [1.29, 1.82) is 0 Å². The maximum absolute atomic E-state index is 12.7. The normalized spacial score (nSPS) is 15.5. The average Bonchev–Trinajstić information content (AvgIpc) is 3.22. The molecule has 22 heavy (non-hydrogen) atoms. The maximum atomic E-state index is 12.7. The number of amides is 1. The number of carbonyl (C=O) groups excluding carboxylic acids is 2. The number of esters is 1. The third kappa shape index (κ3) is 3.66. The lowest BCUT2D eigenvalue weighted by Crippen LogP contribution is -2.37. The summed E-state index contributed by atoms with van der Waals surface area (Å²) < 4.78 is 5.05. The molecule has 0 aliphatic heterocycles. The van der Waals surface area contributed by atoms with Crippen molar-refractivity contribution in [1.82, 2.24) is 4.98 Å². The van der Waals surface area contributed by atoms with Crippen LogP contribution in [0.4, 0.5) is 5.13 Å². The van der Waals surface area contributed by atoms with Gasteiger partial charge in [0.15, 0.2) is 5.13 Å². The van der Waals surface area contributed by atoms with Crippen LogP contribution in [0.3, 0.4) is 0 Å². The molecule has 1 unspecified atom stereocenters. The number of hydrogen-bond donors (Lipinski definition) is 0. The summed E-state index contributed by atoms with van der Waals surface area (Å²) in [7, 11) is 0. The van der Waals surface area contributed by atoms with Gasteiger partial charge in [-0.15, -0.1) is 0 Å². The van der Waals surface area contributed by atoms with Gasteiger partial charge in [0.2, 0.25) is 5.91 Å². The van der Waals surface area contributed by atoms with E-state index in [-0.39, 0.29) is 23.8 Å². The quantitative estimate of drug-likeness (QED) is 0.720. The molecule has 0 N–H and O–H groups in total. The molecule has 1 aromatic heterocycles. The van der Waals surface area contributed by atoms with Gasteiger partial charge in [-0.1, -0.05) is 31.6 Å². The fraction of sp³-hybridized carbons (Fsp3) is 0.688. The van der Waals surface area contributed by atoms with Crippen LogP contribution in [0.15, 0.2) is 0 Å². The highest BCUT2D eigenvalue weighted by atomic mass is 32.1. The van der Waals surface area contributed by atoms with E-state index in [9.17, 15) is 9.59 Å². The largest absolute Gasteiger partial charge is 0.462 e. The second-order valence-corrected chi connectivity index (χ2v) is 6.74. The molecule has 0 radical (unpaired) electrons. The number of anilines is 1. The summed E-state index contributed by atoms with van der Waals surface area (Å²) in [5, 5.41) is 0.635. The topological polar surface area (TPSA) is 59.5 Å². The van der Waals surface area contributed by atoms with Crippen LogP contribution < -0.4 is 4.90 Å². The van der Waals surface area contributed by atoms with Gasteiger partial charge in [0.1, 0.15) is 4.88 Å². The minimum absolute atomic E-state index is 0.0131. The fourth-order valence-corrected chi connectivity index (χ4v) is 3.47. The molecule has 1 heterocycles. The molecule has 0 saturated heterocycles. The Hall–Kier alpha value is -1.43. The number of aryl methyl sites for hydroxylation is 1. The molecule has 1 atom stereocenters. The van der Waals surface area contributed by atoms with Gasteiger partial charge in [-0.3, -0.25) is 9.69 Å². The molecule has 122 valence electrons. The van der Waals surface area contributed by atoms with Crippen LogP contribution >= 0.6 is 11.3 Å². The molecule has 1 aliphatic carbocycles. The van der Waals surface area contributed by atoms with Crippen molar-refractivity contribution in [2.24, 2.45) is 5.92 Å². The number of aromatic nitrogens is 1. The minimum atomic E-state index is -0.353. The summed E-state index contributed by atoms with van der Waals surface area (Å²) >= 11 is 1.27. The lowest BCUT2D eigenvalue weighted by molar-refractivity contribution is -0.122. The smallest absolute Gasteiger partial charge is 0.350 e. The molecule has 0 aromatic carbocycles. The molecule has 1 fully saturated rings. The van der Waals surface area contributed by atoms with Gasteiger partial charge in [0.05, 0.1) is 12.3 Å². The summed E-state index contributed by atoms with van der Waals surface area (Å²) in [6.45, 7) is 7.95. The molecule has 6 heteroatoms. The molecule has 1 saturated carbocycles. The molecule has 0 spiro atoms. The summed E-state index contributed by atoms with van der Waals surface area (Å²) in [6.07, 6.45) is 3.88. The van der Waals surface area contributed by atoms with E-state index in [4.69, 9.17) is 4.74 Å². The second-order valence-electron chi connectivity index (χ2n) is 5.76. The summed E-state index contributed by atoms with van der Waals surface area (Å²) in [5.74, 6) is -0.247. The van der Waals surface area contributed by atoms with E-state index < -0.39 is 0 Å². The first-order valence-electron chi connectivity index (χ1n) is 7.97. The Morgan fingerprint density at radius 2 is 2.09 bits per heavy atom. The van der Waals surface area contributed by atoms with Gasteiger partial charge in [0.25, 0.3) is 0 Å². The highest BCUT2D eigenvalue weighted by Gasteiger charge is 2.37. The summed E-state index contributed by atoms with van der Waals surface area (Å²) in [4.78, 5) is 31.4. The third-order valence-electron chi connectivity index (χ3n) is 3.74. The van der Waals surface area contributed by atoms with Crippen LogP contribution in [-0.2, 0) is 9.53 Å². The van der Waals surface area contributed by atoms with Crippen LogP contribution in [0.2, 0.25) is 0 Å². The van der Waals surface area contributed by atoms with Crippen LogP contribution in [-0.4, -0.2) is 29.5 Å². The summed E-state index contributed by atoms with van der Waals surface area (Å²) in [5.41, 5.74) is 0.639. The first kappa shape index (κ1) is 16.9. The predicted molar refractivity (Wildman–Crippen MR) is 87.4 cm³/mol. The first-order valence-corrected chi connectivity index (χ1v) is 8.78. The van der Waals surface area contributed by atoms with Crippen molar-refractivity contribution in [2.75, 3.05) is 11.5 Å². The van der Waals surface area contributed by atoms with E-state index in [1.165, 1.54) is 11.3 Å². The second kappa shape index (κ2) is 7.22. The van der Waals surface area contributed by atoms with Crippen molar-refractivity contribution in [2.45, 2.75) is 59.4 Å². The van der Waals surface area contributed by atoms with Crippen molar-refractivity contribution in [3.63, 3.8) is 0 Å². The van der Waals surface area contributed by atoms with Gasteiger partial charge in [-0.2, -0.15) is 0 Å². The Bertz CT molecular complexity index is 552. The van der Waals surface area contributed by atoms with E-state index in [1.807, 2.05) is 6.92 Å². The van der Waals surface area contributed by atoms with E-state index >= 15 is 0 Å². The number of carbonyl (C=O) groups is 2. The fourth-order valence-electron chi connectivity index (χ4n) is 2.43. The molecule has 2 rings (SSSR count). The first-order chi connectivity index (χ1) is 10.5. The van der Waals surface area contributed by atoms with Crippen LogP contribution in [0.5, 0.6) is 0 Å². The van der Waals surface area contributed by atoms with Gasteiger partial charge in [-0.25, -0.2) is 9.78 Å². The monoisotopic (exact) mass is 324 g/mol. The molecule has 0 bridgehead atoms. The van der Waals surface area contributed by atoms with Crippen molar-refractivity contribution in [3.8, 4) is 0 Å². The highest BCUT2D eigenvalue weighted by Crippen LogP contribution is 2.37. The van der Waals surface area contributed by atoms with Crippen LogP contribution in [0.25, 0.3) is 0 Å². The number of ether oxygens (including phenoxy) is 1. The maximum Gasteiger partial charge on any atom is 0.350 e. The molecule has 1 aromatic rings. The molecular weight excluding hydrogens is 300 g/mol. The van der Waals surface area contributed by atoms with Crippen LogP contribution in [0, 0.1) is 12.8 Å². The average molecular weight is 324 g/mol. The lowest BCUT2D eigenvalue weighted by Gasteiger charge is -2.23. The van der Waals surface area contributed by atoms with Crippen LogP contribution in [0.1, 0.15) is 61.8 Å². The molecular formula is C16H24N2O3S. The number of hydrogen-bond acceptors (Lipinski definition) is 5. The zero-order valence-corrected chi connectivity index (χ0v) is 14.5. The zero-order valence-electron chi connectivity index (χ0n) is 13.7. The SMILES string of the molecule is CCCC(C)C(=O)N(c1nc(C)c(C(=O)OCC)s1)C1CC1. The Morgan fingerprint density at radius 1 is 1.41 bits per heavy atom. The van der Waals surface area contributed by atoms with Crippen molar-refractivity contribution in [3.05, 3.63) is 10.6 Å². The Morgan fingerprint density at radius 3 is 2.64 bits per heavy atom. The zero-order chi connectivity index (χ0) is 16.3. The molecule has 5 nitrogen and oxygen atoms in total. The summed E-state index contributed by atoms with van der Waals surface area (Å²) in [6, 6.07) is 0.243. The Balaban J connectivity index is 2.24. The van der Waals surface area contributed by atoms with Crippen molar-refractivity contribution >= 4 is 28.3 Å². The lowest BCUT2D eigenvalue weighted by atomic mass is 10.0. The Labute approximate surface area is 135 Å². The number of nitrogens with zero attached hydrogens (tertiary/aromatic N) is 2. The molecule has 1 aliphatic rings. The highest BCUT2D eigenvalue weighted by molar-refractivity contribution is 7.17. The third-order valence-corrected chi connectivity index (χ3v) is 4.88. The van der Waals surface area contributed by atoms with E-state index in [0.717, 1.165) is 25.7 Å². The van der Waals surface area contributed by atoms with Crippen molar-refractivity contribution < 1.29 is 14.3 Å². The number of rotatable bonds is 7. The predicted octanol–water partition coefficient (Wildman–Crippen LogP) is 3.56. The van der Waals surface area contributed by atoms with Gasteiger partial charge in [-0.05, 0) is 33.1 Å². The van der Waals surface area contributed by atoms with E-state index in [1.54, 1.807) is 18.7 Å². The van der Waals surface area contributed by atoms with Gasteiger partial charge in [0, 0.05) is 12.0 Å². The van der Waals surface area contributed by atoms with E-state index in [0.29, 0.717) is 22.3 Å². The Kier molecular flexibility index (Phi) is 5.56.